The number of rotatable bonds is 6. The standard InChI is InChI=1S/C11H23N3O2/c1-5-9(10(12)14-16)11(15)13-6-8(4)7(2)3/h7-9,16H,5-6H2,1-4H3,(H2,12,14)(H,13,15). The summed E-state index contributed by atoms with van der Waals surface area (Å²) in [5, 5.41) is 14.2. The minimum absolute atomic E-state index is 0.0304. The Morgan fingerprint density at radius 1 is 1.44 bits per heavy atom. The number of oxime groups is 1. The Bertz CT molecular complexity index is 252. The zero-order valence-corrected chi connectivity index (χ0v) is 10.5. The number of hydrogen-bond acceptors (Lipinski definition) is 3. The van der Waals surface area contributed by atoms with E-state index >= 15 is 0 Å². The molecular weight excluding hydrogens is 206 g/mol. The molecule has 5 nitrogen and oxygen atoms in total. The van der Waals surface area contributed by atoms with E-state index in [0.29, 0.717) is 24.8 Å². The lowest BCUT2D eigenvalue weighted by atomic mass is 9.97. The molecule has 0 fully saturated rings. The van der Waals surface area contributed by atoms with Gasteiger partial charge in [0.25, 0.3) is 0 Å². The summed E-state index contributed by atoms with van der Waals surface area (Å²) in [6, 6.07) is 0. The maximum atomic E-state index is 11.7. The van der Waals surface area contributed by atoms with Gasteiger partial charge in [-0.15, -0.1) is 0 Å². The fraction of sp³-hybridized carbons (Fsp3) is 0.818. The van der Waals surface area contributed by atoms with Crippen molar-refractivity contribution in [3.63, 3.8) is 0 Å². The van der Waals surface area contributed by atoms with Gasteiger partial charge in [-0.2, -0.15) is 0 Å². The van der Waals surface area contributed by atoms with Gasteiger partial charge in [0.15, 0.2) is 5.84 Å². The first-order chi connectivity index (χ1) is 7.43. The van der Waals surface area contributed by atoms with Gasteiger partial charge in [-0.25, -0.2) is 0 Å². The Morgan fingerprint density at radius 3 is 2.38 bits per heavy atom. The molecule has 0 aliphatic heterocycles. The Hall–Kier alpha value is -1.26. The number of nitrogens with two attached hydrogens (primary N) is 1. The number of amidine groups is 1. The smallest absolute Gasteiger partial charge is 0.230 e. The van der Waals surface area contributed by atoms with Crippen molar-refractivity contribution >= 4 is 11.7 Å². The third kappa shape index (κ3) is 4.51. The van der Waals surface area contributed by atoms with Crippen LogP contribution in [-0.4, -0.2) is 23.5 Å². The van der Waals surface area contributed by atoms with Crippen molar-refractivity contribution in [1.29, 1.82) is 0 Å². The van der Waals surface area contributed by atoms with Crippen LogP contribution in [0.5, 0.6) is 0 Å². The van der Waals surface area contributed by atoms with Crippen LogP contribution in [0.1, 0.15) is 34.1 Å². The van der Waals surface area contributed by atoms with Gasteiger partial charge in [0, 0.05) is 6.54 Å². The van der Waals surface area contributed by atoms with E-state index in [4.69, 9.17) is 10.9 Å². The van der Waals surface area contributed by atoms with Crippen molar-refractivity contribution in [3.05, 3.63) is 0 Å². The summed E-state index contributed by atoms with van der Waals surface area (Å²) in [6.45, 7) is 8.74. The van der Waals surface area contributed by atoms with Crippen molar-refractivity contribution in [2.45, 2.75) is 34.1 Å². The summed E-state index contributed by atoms with van der Waals surface area (Å²) < 4.78 is 0. The van der Waals surface area contributed by atoms with Crippen LogP contribution < -0.4 is 11.1 Å². The maximum Gasteiger partial charge on any atom is 0.230 e. The first kappa shape index (κ1) is 14.7. The molecule has 16 heavy (non-hydrogen) atoms. The Labute approximate surface area is 97.1 Å². The van der Waals surface area contributed by atoms with E-state index in [9.17, 15) is 4.79 Å². The Kier molecular flexibility index (Phi) is 6.53. The van der Waals surface area contributed by atoms with Crippen molar-refractivity contribution in [2.24, 2.45) is 28.6 Å². The maximum absolute atomic E-state index is 11.7. The van der Waals surface area contributed by atoms with Gasteiger partial charge < -0.3 is 16.3 Å². The van der Waals surface area contributed by atoms with Crippen LogP contribution in [0.4, 0.5) is 0 Å². The molecule has 0 saturated carbocycles. The molecule has 0 bridgehead atoms. The lowest BCUT2D eigenvalue weighted by Crippen LogP contribution is -2.40. The minimum atomic E-state index is -0.538. The molecule has 0 saturated heterocycles. The highest BCUT2D eigenvalue weighted by Gasteiger charge is 2.21. The number of carbonyl (C=O) groups is 1. The SMILES string of the molecule is CCC(C(=O)NCC(C)C(C)C)C(N)=NO. The van der Waals surface area contributed by atoms with E-state index in [1.165, 1.54) is 0 Å². The summed E-state index contributed by atoms with van der Waals surface area (Å²) >= 11 is 0. The van der Waals surface area contributed by atoms with Crippen LogP contribution >= 0.6 is 0 Å². The van der Waals surface area contributed by atoms with Crippen LogP contribution in [0.2, 0.25) is 0 Å². The van der Waals surface area contributed by atoms with Gasteiger partial charge in [-0.3, -0.25) is 4.79 Å². The first-order valence-electron chi connectivity index (χ1n) is 5.69. The van der Waals surface area contributed by atoms with Crippen LogP contribution in [0, 0.1) is 17.8 Å². The molecule has 94 valence electrons. The largest absolute Gasteiger partial charge is 0.409 e. The molecule has 4 N–H and O–H groups in total. The van der Waals surface area contributed by atoms with Crippen molar-refractivity contribution < 1.29 is 10.0 Å². The normalized spacial score (nSPS) is 15.9. The fourth-order valence-corrected chi connectivity index (χ4v) is 1.22. The predicted octanol–water partition coefficient (Wildman–Crippen LogP) is 1.17. The molecule has 0 aliphatic rings. The van der Waals surface area contributed by atoms with Gasteiger partial charge in [0.05, 0.1) is 5.92 Å². The van der Waals surface area contributed by atoms with Crippen LogP contribution in [0.15, 0.2) is 5.16 Å². The second kappa shape index (κ2) is 7.09. The molecule has 0 aromatic rings. The van der Waals surface area contributed by atoms with Crippen molar-refractivity contribution in [2.75, 3.05) is 6.54 Å². The highest BCUT2D eigenvalue weighted by molar-refractivity contribution is 6.01. The van der Waals surface area contributed by atoms with Gasteiger partial charge in [-0.1, -0.05) is 32.9 Å². The van der Waals surface area contributed by atoms with Crippen LogP contribution in [0.25, 0.3) is 0 Å². The second-order valence-corrected chi connectivity index (χ2v) is 4.45. The molecule has 0 aromatic carbocycles. The molecule has 5 heteroatoms. The molecule has 2 unspecified atom stereocenters. The van der Waals surface area contributed by atoms with E-state index in [2.05, 4.69) is 31.2 Å². The minimum Gasteiger partial charge on any atom is -0.409 e. The number of amides is 1. The monoisotopic (exact) mass is 229 g/mol. The summed E-state index contributed by atoms with van der Waals surface area (Å²) in [5.41, 5.74) is 5.43. The van der Waals surface area contributed by atoms with Gasteiger partial charge >= 0.3 is 0 Å². The van der Waals surface area contributed by atoms with Crippen LogP contribution in [0.3, 0.4) is 0 Å². The van der Waals surface area contributed by atoms with Gasteiger partial charge in [0.1, 0.15) is 0 Å². The predicted molar refractivity (Wildman–Crippen MR) is 64.2 cm³/mol. The van der Waals surface area contributed by atoms with Gasteiger partial charge in [0.2, 0.25) is 5.91 Å². The number of hydrogen-bond donors (Lipinski definition) is 3. The number of nitrogens with one attached hydrogen (secondary N) is 1. The van der Waals surface area contributed by atoms with E-state index in [-0.39, 0.29) is 11.7 Å². The fourth-order valence-electron chi connectivity index (χ4n) is 1.22. The molecular formula is C11H23N3O2. The Balaban J connectivity index is 4.23. The summed E-state index contributed by atoms with van der Waals surface area (Å²) in [6.07, 6.45) is 0.526. The zero-order chi connectivity index (χ0) is 12.7. The summed E-state index contributed by atoms with van der Waals surface area (Å²) in [4.78, 5) is 11.7. The lowest BCUT2D eigenvalue weighted by Gasteiger charge is -2.18. The van der Waals surface area contributed by atoms with E-state index in [1.54, 1.807) is 0 Å². The highest BCUT2D eigenvalue weighted by atomic mass is 16.4. The van der Waals surface area contributed by atoms with E-state index < -0.39 is 5.92 Å². The lowest BCUT2D eigenvalue weighted by molar-refractivity contribution is -0.123. The summed E-state index contributed by atoms with van der Waals surface area (Å²) in [5.74, 6) is 0.185. The van der Waals surface area contributed by atoms with Gasteiger partial charge in [-0.05, 0) is 18.3 Å². The molecule has 1 amide bonds. The topological polar surface area (TPSA) is 87.7 Å². The van der Waals surface area contributed by atoms with Crippen molar-refractivity contribution in [1.82, 2.24) is 5.32 Å². The molecule has 0 rings (SSSR count). The number of nitrogens with zero attached hydrogens (tertiary/aromatic N) is 1. The number of carbonyl (C=O) groups excluding carboxylic acids is 1. The highest BCUT2D eigenvalue weighted by Crippen LogP contribution is 2.09. The van der Waals surface area contributed by atoms with Crippen molar-refractivity contribution in [3.8, 4) is 0 Å². The average Bonchev–Trinajstić information content (AvgIpc) is 2.26. The Morgan fingerprint density at radius 2 is 2.00 bits per heavy atom. The summed E-state index contributed by atoms with van der Waals surface area (Å²) in [7, 11) is 0. The van der Waals surface area contributed by atoms with Crippen LogP contribution in [-0.2, 0) is 4.79 Å². The first-order valence-corrected chi connectivity index (χ1v) is 5.69. The average molecular weight is 229 g/mol. The molecule has 0 heterocycles. The molecule has 0 aliphatic carbocycles. The molecule has 0 radical (unpaired) electrons. The molecule has 0 spiro atoms. The molecule has 0 aromatic heterocycles. The van der Waals surface area contributed by atoms with E-state index in [1.807, 2.05) is 6.92 Å². The quantitative estimate of drug-likeness (QED) is 0.276. The van der Waals surface area contributed by atoms with E-state index in [0.717, 1.165) is 0 Å². The third-order valence-electron chi connectivity index (χ3n) is 2.93. The third-order valence-corrected chi connectivity index (χ3v) is 2.93. The molecule has 2 atom stereocenters. The second-order valence-electron chi connectivity index (χ2n) is 4.45. The zero-order valence-electron chi connectivity index (χ0n) is 10.5.